The number of carbonyl (C=O) groups excluding carboxylic acids is 1. The summed E-state index contributed by atoms with van der Waals surface area (Å²) >= 11 is 3.00. The van der Waals surface area contributed by atoms with Gasteiger partial charge in [-0.15, -0.1) is 23.1 Å². The van der Waals surface area contributed by atoms with Crippen molar-refractivity contribution < 1.29 is 9.18 Å². The third kappa shape index (κ3) is 3.30. The quantitative estimate of drug-likeness (QED) is 0.674. The summed E-state index contributed by atoms with van der Waals surface area (Å²) in [6.45, 7) is 0. The van der Waals surface area contributed by atoms with E-state index in [4.69, 9.17) is 5.73 Å². The Morgan fingerprint density at radius 1 is 1.04 bits per heavy atom. The smallest absolute Gasteiger partial charge is 0.258 e. The van der Waals surface area contributed by atoms with Gasteiger partial charge < -0.3 is 5.73 Å². The van der Waals surface area contributed by atoms with Crippen LogP contribution in [0.3, 0.4) is 0 Å². The number of nitrogens with two attached hydrogens (primary N) is 1. The molecule has 5 heteroatoms. The van der Waals surface area contributed by atoms with Gasteiger partial charge in [-0.2, -0.15) is 0 Å². The highest BCUT2D eigenvalue weighted by molar-refractivity contribution is 7.98. The Labute approximate surface area is 142 Å². The second kappa shape index (κ2) is 6.56. The van der Waals surface area contributed by atoms with E-state index in [1.165, 1.54) is 28.4 Å². The molecular formula is C18H14FNOS2. The van der Waals surface area contributed by atoms with Gasteiger partial charge in [-0.25, -0.2) is 4.39 Å². The van der Waals surface area contributed by atoms with Gasteiger partial charge in [-0.05, 0) is 47.7 Å². The molecule has 2 aromatic carbocycles. The Hall–Kier alpha value is -2.11. The van der Waals surface area contributed by atoms with E-state index in [2.05, 4.69) is 0 Å². The molecule has 1 aromatic heterocycles. The highest BCUT2D eigenvalue weighted by atomic mass is 32.2. The van der Waals surface area contributed by atoms with Crippen LogP contribution in [0.15, 0.2) is 59.5 Å². The van der Waals surface area contributed by atoms with Crippen LogP contribution in [-0.4, -0.2) is 12.2 Å². The molecule has 0 spiro atoms. The maximum absolute atomic E-state index is 13.2. The monoisotopic (exact) mass is 343 g/mol. The minimum Gasteiger partial charge on any atom is -0.365 e. The number of thioether (sulfide) groups is 1. The number of carbonyl (C=O) groups is 1. The van der Waals surface area contributed by atoms with E-state index in [1.54, 1.807) is 30.0 Å². The summed E-state index contributed by atoms with van der Waals surface area (Å²) in [6, 6.07) is 16.2. The van der Waals surface area contributed by atoms with Crippen molar-refractivity contribution in [1.82, 2.24) is 0 Å². The number of thiophene rings is 1. The number of hydrogen-bond donors (Lipinski definition) is 1. The Balaban J connectivity index is 2.13. The van der Waals surface area contributed by atoms with E-state index in [0.29, 0.717) is 4.88 Å². The van der Waals surface area contributed by atoms with E-state index in [-0.39, 0.29) is 5.82 Å². The molecule has 2 nitrogen and oxygen atoms in total. The van der Waals surface area contributed by atoms with Crippen molar-refractivity contribution in [3.8, 4) is 21.6 Å². The lowest BCUT2D eigenvalue weighted by molar-refractivity contribution is 0.100. The largest absolute Gasteiger partial charge is 0.365 e. The third-order valence-electron chi connectivity index (χ3n) is 3.48. The van der Waals surface area contributed by atoms with Gasteiger partial charge in [0.15, 0.2) is 0 Å². The van der Waals surface area contributed by atoms with Gasteiger partial charge in [0.25, 0.3) is 5.91 Å². The van der Waals surface area contributed by atoms with Gasteiger partial charge in [-0.1, -0.05) is 24.3 Å². The molecule has 23 heavy (non-hydrogen) atoms. The maximum atomic E-state index is 13.2. The molecule has 1 amide bonds. The standard InChI is InChI=1S/C18H14FNOS2/c1-22-14-8-4-11(5-9-14)15-10-16(18(20)21)23-17(15)12-2-6-13(19)7-3-12/h2-10H,1H3,(H2,20,21). The number of benzene rings is 2. The van der Waals surface area contributed by atoms with Gasteiger partial charge in [-0.3, -0.25) is 4.79 Å². The summed E-state index contributed by atoms with van der Waals surface area (Å²) in [4.78, 5) is 14.1. The molecule has 2 N–H and O–H groups in total. The minimum absolute atomic E-state index is 0.286. The van der Waals surface area contributed by atoms with Crippen LogP contribution in [0.1, 0.15) is 9.67 Å². The predicted octanol–water partition coefficient (Wildman–Crippen LogP) is 5.04. The van der Waals surface area contributed by atoms with Crippen LogP contribution >= 0.6 is 23.1 Å². The zero-order valence-corrected chi connectivity index (χ0v) is 14.0. The lowest BCUT2D eigenvalue weighted by Gasteiger charge is -2.05. The average molecular weight is 343 g/mol. The summed E-state index contributed by atoms with van der Waals surface area (Å²) in [5.41, 5.74) is 8.24. The van der Waals surface area contributed by atoms with Crippen LogP contribution in [0.25, 0.3) is 21.6 Å². The van der Waals surface area contributed by atoms with Gasteiger partial charge in [0.2, 0.25) is 0 Å². The van der Waals surface area contributed by atoms with E-state index < -0.39 is 5.91 Å². The molecule has 116 valence electrons. The molecule has 0 atom stereocenters. The molecule has 3 aromatic rings. The van der Waals surface area contributed by atoms with Crippen molar-refractivity contribution in [2.24, 2.45) is 5.73 Å². The first kappa shape index (κ1) is 15.8. The first-order valence-electron chi connectivity index (χ1n) is 6.92. The summed E-state index contributed by atoms with van der Waals surface area (Å²) < 4.78 is 13.2. The number of halogens is 1. The first-order chi connectivity index (χ1) is 11.1. The van der Waals surface area contributed by atoms with Crippen LogP contribution in [-0.2, 0) is 0 Å². The molecule has 0 aliphatic heterocycles. The van der Waals surface area contributed by atoms with Crippen molar-refractivity contribution in [1.29, 1.82) is 0 Å². The number of rotatable bonds is 4. The molecule has 0 unspecified atom stereocenters. The van der Waals surface area contributed by atoms with E-state index >= 15 is 0 Å². The zero-order valence-electron chi connectivity index (χ0n) is 12.4. The van der Waals surface area contributed by atoms with E-state index in [1.807, 2.05) is 30.5 Å². The fraction of sp³-hybridized carbons (Fsp3) is 0.0556. The number of hydrogen-bond acceptors (Lipinski definition) is 3. The fourth-order valence-electron chi connectivity index (χ4n) is 2.31. The lowest BCUT2D eigenvalue weighted by Crippen LogP contribution is -2.08. The number of amides is 1. The second-order valence-corrected chi connectivity index (χ2v) is 6.88. The molecule has 1 heterocycles. The summed E-state index contributed by atoms with van der Waals surface area (Å²) in [6.07, 6.45) is 2.02. The van der Waals surface area contributed by atoms with Crippen molar-refractivity contribution in [2.45, 2.75) is 4.90 Å². The Morgan fingerprint density at radius 2 is 1.65 bits per heavy atom. The topological polar surface area (TPSA) is 43.1 Å². The maximum Gasteiger partial charge on any atom is 0.258 e. The molecule has 3 rings (SSSR count). The van der Waals surface area contributed by atoms with Crippen molar-refractivity contribution in [3.63, 3.8) is 0 Å². The molecular weight excluding hydrogens is 329 g/mol. The number of primary amides is 1. The molecule has 0 aliphatic carbocycles. The Morgan fingerprint density at radius 3 is 2.22 bits per heavy atom. The summed E-state index contributed by atoms with van der Waals surface area (Å²) in [5, 5.41) is 0. The van der Waals surface area contributed by atoms with Crippen LogP contribution in [0.4, 0.5) is 4.39 Å². The second-order valence-electron chi connectivity index (χ2n) is 4.95. The molecule has 0 aliphatic rings. The highest BCUT2D eigenvalue weighted by Gasteiger charge is 2.15. The normalized spacial score (nSPS) is 10.7. The molecule has 0 saturated heterocycles. The van der Waals surface area contributed by atoms with Gasteiger partial charge >= 0.3 is 0 Å². The van der Waals surface area contributed by atoms with Gasteiger partial charge in [0, 0.05) is 15.3 Å². The summed E-state index contributed by atoms with van der Waals surface area (Å²) in [5.74, 6) is -0.739. The molecule has 0 fully saturated rings. The van der Waals surface area contributed by atoms with E-state index in [9.17, 15) is 9.18 Å². The Kier molecular flexibility index (Phi) is 4.50. The first-order valence-corrected chi connectivity index (χ1v) is 8.96. The van der Waals surface area contributed by atoms with Crippen LogP contribution < -0.4 is 5.73 Å². The van der Waals surface area contributed by atoms with Crippen LogP contribution in [0.2, 0.25) is 0 Å². The third-order valence-corrected chi connectivity index (χ3v) is 5.42. The zero-order chi connectivity index (χ0) is 16.4. The van der Waals surface area contributed by atoms with Crippen molar-refractivity contribution >= 4 is 29.0 Å². The van der Waals surface area contributed by atoms with E-state index in [0.717, 1.165) is 21.6 Å². The average Bonchev–Trinajstić information content (AvgIpc) is 3.01. The SMILES string of the molecule is CSc1ccc(-c2cc(C(N)=O)sc2-c2ccc(F)cc2)cc1. The summed E-state index contributed by atoms with van der Waals surface area (Å²) in [7, 11) is 0. The minimum atomic E-state index is -0.453. The molecule has 0 bridgehead atoms. The van der Waals surface area contributed by atoms with Crippen molar-refractivity contribution in [2.75, 3.05) is 6.26 Å². The molecule has 0 saturated carbocycles. The van der Waals surface area contributed by atoms with Gasteiger partial charge in [0.05, 0.1) is 4.88 Å². The Bertz CT molecular complexity index is 838. The van der Waals surface area contributed by atoms with Crippen molar-refractivity contribution in [3.05, 3.63) is 65.3 Å². The van der Waals surface area contributed by atoms with Gasteiger partial charge in [0.1, 0.15) is 5.82 Å². The molecule has 0 radical (unpaired) electrons. The fourth-order valence-corrected chi connectivity index (χ4v) is 3.76. The highest BCUT2D eigenvalue weighted by Crippen LogP contribution is 2.39. The lowest BCUT2D eigenvalue weighted by atomic mass is 10.0. The van der Waals surface area contributed by atoms with Crippen LogP contribution in [0, 0.1) is 5.82 Å². The van der Waals surface area contributed by atoms with Crippen LogP contribution in [0.5, 0.6) is 0 Å². The predicted molar refractivity (Wildman–Crippen MR) is 95.4 cm³/mol.